The Bertz CT molecular complexity index is 1750. The molecule has 0 radical (unpaired) electrons. The summed E-state index contributed by atoms with van der Waals surface area (Å²) in [7, 11) is 0. The van der Waals surface area contributed by atoms with E-state index in [4.69, 9.17) is 14.9 Å². The van der Waals surface area contributed by atoms with Gasteiger partial charge in [0.1, 0.15) is 22.0 Å². The fraction of sp³-hybridized carbons (Fsp3) is 0.414. The number of furan rings is 1. The summed E-state index contributed by atoms with van der Waals surface area (Å²) >= 11 is 1.14. The second-order valence-electron chi connectivity index (χ2n) is 10.9. The van der Waals surface area contributed by atoms with E-state index in [0.717, 1.165) is 60.6 Å². The number of anilines is 2. The van der Waals surface area contributed by atoms with Crippen LogP contribution in [0.5, 0.6) is 5.75 Å². The van der Waals surface area contributed by atoms with Crippen LogP contribution < -0.4 is 25.6 Å². The van der Waals surface area contributed by atoms with E-state index in [0.29, 0.717) is 67.2 Å². The third-order valence-electron chi connectivity index (χ3n) is 8.24. The first-order valence-electron chi connectivity index (χ1n) is 14.4. The van der Waals surface area contributed by atoms with Gasteiger partial charge in [-0.15, -0.1) is 0 Å². The van der Waals surface area contributed by atoms with Crippen LogP contribution in [0.15, 0.2) is 51.9 Å². The number of hydrogen-bond donors (Lipinski definition) is 2. The molecule has 220 valence electrons. The molecule has 7 rings (SSSR count). The summed E-state index contributed by atoms with van der Waals surface area (Å²) in [5, 5.41) is 7.87. The first kappa shape index (κ1) is 26.9. The normalized spacial score (nSPS) is 17.0. The third kappa shape index (κ3) is 5.23. The molecule has 3 N–H and O–H groups in total. The maximum atomic E-state index is 15.0. The van der Waals surface area contributed by atoms with Crippen LogP contribution in [0.25, 0.3) is 27.3 Å². The number of nitrogens with zero attached hydrogens (tertiary/aromatic N) is 6. The number of rotatable bonds is 8. The van der Waals surface area contributed by atoms with Gasteiger partial charge in [-0.1, -0.05) is 11.3 Å². The smallest absolute Gasteiger partial charge is 0.309 e. The Morgan fingerprint density at radius 2 is 1.95 bits per heavy atom. The molecule has 0 atom stereocenters. The van der Waals surface area contributed by atoms with Crippen LogP contribution in [0.2, 0.25) is 0 Å². The molecule has 4 aromatic heterocycles. The van der Waals surface area contributed by atoms with E-state index in [2.05, 4.69) is 25.2 Å². The maximum absolute atomic E-state index is 15.0. The third-order valence-corrected chi connectivity index (χ3v) is 9.23. The van der Waals surface area contributed by atoms with Crippen molar-refractivity contribution < 1.29 is 13.5 Å². The number of benzene rings is 1. The van der Waals surface area contributed by atoms with E-state index in [1.807, 2.05) is 24.3 Å². The summed E-state index contributed by atoms with van der Waals surface area (Å²) in [5.41, 5.74) is 8.75. The van der Waals surface area contributed by atoms with E-state index in [9.17, 15) is 4.79 Å². The predicted octanol–water partition coefficient (Wildman–Crippen LogP) is 3.29. The van der Waals surface area contributed by atoms with Gasteiger partial charge in [-0.3, -0.25) is 14.3 Å². The maximum Gasteiger partial charge on any atom is 0.309 e. The number of piperidine rings is 1. The van der Waals surface area contributed by atoms with Gasteiger partial charge in [0.2, 0.25) is 5.95 Å². The molecule has 2 aliphatic rings. The Hall–Kier alpha value is -3.94. The Morgan fingerprint density at radius 1 is 1.12 bits per heavy atom. The first-order valence-corrected chi connectivity index (χ1v) is 15.2. The van der Waals surface area contributed by atoms with Crippen molar-refractivity contribution in [1.82, 2.24) is 29.4 Å². The summed E-state index contributed by atoms with van der Waals surface area (Å²) in [6, 6.07) is 10.7. The van der Waals surface area contributed by atoms with Gasteiger partial charge in [0, 0.05) is 45.3 Å². The Kier molecular flexibility index (Phi) is 7.30. The molecular formula is C29H33FN8O3S. The van der Waals surface area contributed by atoms with Crippen LogP contribution in [0, 0.1) is 11.7 Å². The summed E-state index contributed by atoms with van der Waals surface area (Å²) in [4.78, 5) is 21.8. The van der Waals surface area contributed by atoms with Crippen molar-refractivity contribution in [2.24, 2.45) is 5.92 Å². The van der Waals surface area contributed by atoms with Gasteiger partial charge in [-0.25, -0.2) is 4.39 Å². The quantitative estimate of drug-likeness (QED) is 0.280. The minimum atomic E-state index is -0.257. The highest BCUT2D eigenvalue weighted by molar-refractivity contribution is 7.17. The van der Waals surface area contributed by atoms with Gasteiger partial charge in [0.15, 0.2) is 11.4 Å². The lowest BCUT2D eigenvalue weighted by atomic mass is 9.99. The standard InChI is InChI=1S/C29H33FN8O3S/c30-21-16-20(41-18-19-5-7-32-8-6-19)3-4-23(21)36-12-9-35(10-13-36)11-14-37-27-26(42-29(37)39)24-17-22(25-2-1-15-40-25)34-38(24)28(31)33-27/h1-4,15-17,19,32H,5-14,18H2,(H2,31,33). The highest BCUT2D eigenvalue weighted by Gasteiger charge is 2.22. The molecule has 0 saturated carbocycles. The van der Waals surface area contributed by atoms with Gasteiger partial charge in [-0.2, -0.15) is 14.6 Å². The van der Waals surface area contributed by atoms with Crippen LogP contribution in [-0.2, 0) is 6.54 Å². The van der Waals surface area contributed by atoms with Gasteiger partial charge >= 0.3 is 4.87 Å². The molecule has 0 aliphatic carbocycles. The monoisotopic (exact) mass is 592 g/mol. The van der Waals surface area contributed by atoms with E-state index >= 15 is 4.39 Å². The second-order valence-corrected chi connectivity index (χ2v) is 11.9. The summed E-state index contributed by atoms with van der Waals surface area (Å²) in [5.74, 6) is 1.67. The number of aromatic nitrogens is 4. The summed E-state index contributed by atoms with van der Waals surface area (Å²) in [6.07, 6.45) is 3.77. The predicted molar refractivity (Wildman–Crippen MR) is 161 cm³/mol. The van der Waals surface area contributed by atoms with Gasteiger partial charge in [-0.05, 0) is 62.2 Å². The lowest BCUT2D eigenvalue weighted by Crippen LogP contribution is -2.47. The second kappa shape index (κ2) is 11.4. The number of ether oxygens (including phenoxy) is 1. The molecule has 2 aliphatic heterocycles. The van der Waals surface area contributed by atoms with Crippen molar-refractivity contribution in [3.8, 4) is 17.2 Å². The van der Waals surface area contributed by atoms with Gasteiger partial charge in [0.25, 0.3) is 0 Å². The number of thiazole rings is 1. The fourth-order valence-corrected chi connectivity index (χ4v) is 6.80. The SMILES string of the molecule is Nc1nc2c(sc(=O)n2CCN2CCN(c3ccc(OCC4CCNCC4)cc3F)CC2)c2cc(-c3ccco3)nn12. The van der Waals surface area contributed by atoms with E-state index < -0.39 is 0 Å². The molecule has 0 spiro atoms. The number of nitrogen functional groups attached to an aromatic ring is 1. The molecule has 11 nitrogen and oxygen atoms in total. The molecule has 2 fully saturated rings. The lowest BCUT2D eigenvalue weighted by Gasteiger charge is -2.36. The van der Waals surface area contributed by atoms with E-state index in [-0.39, 0.29) is 16.6 Å². The molecule has 13 heteroatoms. The minimum Gasteiger partial charge on any atom is -0.493 e. The lowest BCUT2D eigenvalue weighted by molar-refractivity contribution is 0.214. The zero-order valence-electron chi connectivity index (χ0n) is 23.2. The Labute approximate surface area is 245 Å². The number of hydrogen-bond acceptors (Lipinski definition) is 10. The largest absolute Gasteiger partial charge is 0.493 e. The number of nitrogens with two attached hydrogens (primary N) is 1. The molecule has 0 unspecified atom stereocenters. The molecular weight excluding hydrogens is 559 g/mol. The average molecular weight is 593 g/mol. The first-order chi connectivity index (χ1) is 20.5. The summed E-state index contributed by atoms with van der Waals surface area (Å²) in [6.45, 7) is 6.74. The van der Waals surface area contributed by atoms with E-state index in [1.165, 1.54) is 6.07 Å². The molecule has 1 aromatic carbocycles. The van der Waals surface area contributed by atoms with Crippen molar-refractivity contribution in [2.75, 3.05) is 63.1 Å². The molecule has 42 heavy (non-hydrogen) atoms. The van der Waals surface area contributed by atoms with E-state index in [1.54, 1.807) is 21.4 Å². The van der Waals surface area contributed by atoms with Gasteiger partial charge in [0.05, 0.1) is 24.1 Å². The molecule has 0 bridgehead atoms. The van der Waals surface area contributed by atoms with Crippen molar-refractivity contribution in [3.05, 3.63) is 58.1 Å². The highest BCUT2D eigenvalue weighted by Crippen LogP contribution is 2.29. The van der Waals surface area contributed by atoms with Crippen molar-refractivity contribution >= 4 is 38.8 Å². The summed E-state index contributed by atoms with van der Waals surface area (Å²) < 4.78 is 30.4. The fourth-order valence-electron chi connectivity index (χ4n) is 5.84. The zero-order chi connectivity index (χ0) is 28.6. The van der Waals surface area contributed by atoms with Crippen LogP contribution in [-0.4, -0.2) is 76.5 Å². The van der Waals surface area contributed by atoms with Crippen molar-refractivity contribution in [3.63, 3.8) is 0 Å². The highest BCUT2D eigenvalue weighted by atomic mass is 32.1. The van der Waals surface area contributed by atoms with Crippen molar-refractivity contribution in [1.29, 1.82) is 0 Å². The number of nitrogens with one attached hydrogen (secondary N) is 1. The topological polar surface area (TPSA) is 119 Å². The van der Waals surface area contributed by atoms with Crippen molar-refractivity contribution in [2.45, 2.75) is 19.4 Å². The number of fused-ring (bicyclic) bond motifs is 3. The van der Waals surface area contributed by atoms with Gasteiger partial charge < -0.3 is 25.1 Å². The van der Waals surface area contributed by atoms with Crippen LogP contribution in [0.3, 0.4) is 0 Å². The molecule has 5 aromatic rings. The number of piperazine rings is 1. The molecule has 0 amide bonds. The molecule has 2 saturated heterocycles. The van der Waals surface area contributed by atoms with Crippen LogP contribution >= 0.6 is 11.3 Å². The zero-order valence-corrected chi connectivity index (χ0v) is 24.0. The van der Waals surface area contributed by atoms with Crippen LogP contribution in [0.4, 0.5) is 16.0 Å². The Morgan fingerprint density at radius 3 is 2.71 bits per heavy atom. The minimum absolute atomic E-state index is 0.0890. The Balaban J connectivity index is 0.986. The average Bonchev–Trinajstić information content (AvgIpc) is 3.76. The van der Waals surface area contributed by atoms with Crippen LogP contribution in [0.1, 0.15) is 12.8 Å². The molecule has 6 heterocycles. The number of halogens is 1.